The standard InChI is InChI=1S/C15H16N2O2/c1-17(2)15(18)12-6-4-11(5-7-12)13-8-9-16-10-14(13)19-3/h4-10H,1-3H3. The third-order valence-corrected chi connectivity index (χ3v) is 2.85. The zero-order chi connectivity index (χ0) is 13.8. The van der Waals surface area contributed by atoms with Crippen LogP contribution in [-0.2, 0) is 0 Å². The van der Waals surface area contributed by atoms with E-state index in [-0.39, 0.29) is 5.91 Å². The van der Waals surface area contributed by atoms with Gasteiger partial charge < -0.3 is 9.64 Å². The van der Waals surface area contributed by atoms with Gasteiger partial charge >= 0.3 is 0 Å². The summed E-state index contributed by atoms with van der Waals surface area (Å²) < 4.78 is 5.28. The van der Waals surface area contributed by atoms with E-state index in [9.17, 15) is 4.79 Å². The quantitative estimate of drug-likeness (QED) is 0.847. The molecule has 0 atom stereocenters. The highest BCUT2D eigenvalue weighted by atomic mass is 16.5. The summed E-state index contributed by atoms with van der Waals surface area (Å²) in [6.45, 7) is 0. The number of hydrogen-bond donors (Lipinski definition) is 0. The van der Waals surface area contributed by atoms with E-state index in [1.165, 1.54) is 0 Å². The van der Waals surface area contributed by atoms with Gasteiger partial charge in [0.25, 0.3) is 5.91 Å². The Bertz CT molecular complexity index is 577. The molecule has 0 fully saturated rings. The van der Waals surface area contributed by atoms with E-state index in [2.05, 4.69) is 4.98 Å². The Kier molecular flexibility index (Phi) is 3.80. The minimum atomic E-state index is -0.00626. The van der Waals surface area contributed by atoms with Crippen LogP contribution in [0.4, 0.5) is 0 Å². The molecule has 2 aromatic rings. The van der Waals surface area contributed by atoms with Crippen LogP contribution in [0.1, 0.15) is 10.4 Å². The van der Waals surface area contributed by atoms with E-state index in [1.54, 1.807) is 38.5 Å². The normalized spacial score (nSPS) is 10.1. The van der Waals surface area contributed by atoms with E-state index < -0.39 is 0 Å². The van der Waals surface area contributed by atoms with Gasteiger partial charge in [0.1, 0.15) is 5.75 Å². The van der Waals surface area contributed by atoms with Crippen LogP contribution in [0.5, 0.6) is 5.75 Å². The Morgan fingerprint density at radius 2 is 1.84 bits per heavy atom. The summed E-state index contributed by atoms with van der Waals surface area (Å²) in [5.74, 6) is 0.711. The Labute approximate surface area is 112 Å². The first-order valence-corrected chi connectivity index (χ1v) is 5.93. The average Bonchev–Trinajstić information content (AvgIpc) is 2.46. The molecule has 2 rings (SSSR count). The fourth-order valence-electron chi connectivity index (χ4n) is 1.83. The second-order valence-corrected chi connectivity index (χ2v) is 4.35. The highest BCUT2D eigenvalue weighted by molar-refractivity contribution is 5.94. The Balaban J connectivity index is 2.35. The van der Waals surface area contributed by atoms with Crippen molar-refractivity contribution in [3.63, 3.8) is 0 Å². The maximum atomic E-state index is 11.8. The van der Waals surface area contributed by atoms with Crippen LogP contribution in [0, 0.1) is 0 Å². The van der Waals surface area contributed by atoms with Gasteiger partial charge in [-0.15, -0.1) is 0 Å². The number of benzene rings is 1. The van der Waals surface area contributed by atoms with Gasteiger partial charge in [0.15, 0.2) is 0 Å². The lowest BCUT2D eigenvalue weighted by Gasteiger charge is -2.11. The van der Waals surface area contributed by atoms with Crippen molar-refractivity contribution in [2.45, 2.75) is 0 Å². The fourth-order valence-corrected chi connectivity index (χ4v) is 1.83. The van der Waals surface area contributed by atoms with Crippen molar-refractivity contribution >= 4 is 5.91 Å². The first-order chi connectivity index (χ1) is 9.13. The van der Waals surface area contributed by atoms with E-state index in [1.807, 2.05) is 30.3 Å². The van der Waals surface area contributed by atoms with Crippen LogP contribution in [0.3, 0.4) is 0 Å². The predicted octanol–water partition coefficient (Wildman–Crippen LogP) is 2.46. The zero-order valence-corrected chi connectivity index (χ0v) is 11.3. The predicted molar refractivity (Wildman–Crippen MR) is 74.2 cm³/mol. The van der Waals surface area contributed by atoms with Crippen LogP contribution in [0.15, 0.2) is 42.7 Å². The van der Waals surface area contributed by atoms with Crippen molar-refractivity contribution in [2.75, 3.05) is 21.2 Å². The number of rotatable bonds is 3. The number of methoxy groups -OCH3 is 1. The number of carbonyl (C=O) groups is 1. The molecule has 1 aromatic carbocycles. The molecule has 0 aliphatic carbocycles. The number of amides is 1. The van der Waals surface area contributed by atoms with Gasteiger partial charge in [0.2, 0.25) is 0 Å². The summed E-state index contributed by atoms with van der Waals surface area (Å²) in [6, 6.07) is 9.35. The molecular weight excluding hydrogens is 240 g/mol. The van der Waals surface area contributed by atoms with Crippen molar-refractivity contribution in [1.82, 2.24) is 9.88 Å². The van der Waals surface area contributed by atoms with Crippen molar-refractivity contribution < 1.29 is 9.53 Å². The molecule has 0 aliphatic rings. The molecule has 0 N–H and O–H groups in total. The molecule has 0 aliphatic heterocycles. The largest absolute Gasteiger partial charge is 0.494 e. The fraction of sp³-hybridized carbons (Fsp3) is 0.200. The first kappa shape index (κ1) is 13.1. The van der Waals surface area contributed by atoms with Gasteiger partial charge in [-0.05, 0) is 23.8 Å². The number of nitrogens with zero attached hydrogens (tertiary/aromatic N) is 2. The minimum absolute atomic E-state index is 0.00626. The van der Waals surface area contributed by atoms with Crippen LogP contribution in [0.2, 0.25) is 0 Å². The highest BCUT2D eigenvalue weighted by Gasteiger charge is 2.09. The maximum Gasteiger partial charge on any atom is 0.253 e. The summed E-state index contributed by atoms with van der Waals surface area (Å²) >= 11 is 0. The molecule has 0 unspecified atom stereocenters. The molecule has 0 saturated carbocycles. The molecule has 1 amide bonds. The summed E-state index contributed by atoms with van der Waals surface area (Å²) in [4.78, 5) is 17.4. The lowest BCUT2D eigenvalue weighted by atomic mass is 10.0. The van der Waals surface area contributed by atoms with Gasteiger partial charge in [-0.2, -0.15) is 0 Å². The molecule has 19 heavy (non-hydrogen) atoms. The summed E-state index contributed by atoms with van der Waals surface area (Å²) in [7, 11) is 5.09. The lowest BCUT2D eigenvalue weighted by Crippen LogP contribution is -2.21. The van der Waals surface area contributed by atoms with Gasteiger partial charge in [0, 0.05) is 31.4 Å². The SMILES string of the molecule is COc1cnccc1-c1ccc(C(=O)N(C)C)cc1. The first-order valence-electron chi connectivity index (χ1n) is 5.93. The van der Waals surface area contributed by atoms with Gasteiger partial charge in [-0.1, -0.05) is 12.1 Å². The molecule has 4 heteroatoms. The van der Waals surface area contributed by atoms with Gasteiger partial charge in [-0.25, -0.2) is 0 Å². The highest BCUT2D eigenvalue weighted by Crippen LogP contribution is 2.28. The van der Waals surface area contributed by atoms with Crippen molar-refractivity contribution in [3.05, 3.63) is 48.3 Å². The van der Waals surface area contributed by atoms with Crippen LogP contribution < -0.4 is 4.74 Å². The van der Waals surface area contributed by atoms with Crippen LogP contribution in [-0.4, -0.2) is 37.0 Å². The topological polar surface area (TPSA) is 42.4 Å². The summed E-state index contributed by atoms with van der Waals surface area (Å²) in [6.07, 6.45) is 3.39. The smallest absolute Gasteiger partial charge is 0.253 e. The minimum Gasteiger partial charge on any atom is -0.494 e. The molecule has 0 bridgehead atoms. The monoisotopic (exact) mass is 256 g/mol. The molecule has 0 radical (unpaired) electrons. The van der Waals surface area contributed by atoms with Crippen molar-refractivity contribution in [2.24, 2.45) is 0 Å². The third-order valence-electron chi connectivity index (χ3n) is 2.85. The summed E-state index contributed by atoms with van der Waals surface area (Å²) in [5.41, 5.74) is 2.62. The molecule has 1 heterocycles. The Hall–Kier alpha value is -2.36. The maximum absolute atomic E-state index is 11.8. The molecule has 4 nitrogen and oxygen atoms in total. The number of aromatic nitrogens is 1. The second-order valence-electron chi connectivity index (χ2n) is 4.35. The number of pyridine rings is 1. The number of carbonyl (C=O) groups excluding carboxylic acids is 1. The van der Waals surface area contributed by atoms with Crippen LogP contribution >= 0.6 is 0 Å². The Morgan fingerprint density at radius 1 is 1.16 bits per heavy atom. The van der Waals surface area contributed by atoms with Crippen molar-refractivity contribution in [1.29, 1.82) is 0 Å². The van der Waals surface area contributed by atoms with Crippen LogP contribution in [0.25, 0.3) is 11.1 Å². The molecule has 98 valence electrons. The number of ether oxygens (including phenoxy) is 1. The van der Waals surface area contributed by atoms with Crippen molar-refractivity contribution in [3.8, 4) is 16.9 Å². The molecular formula is C15H16N2O2. The van der Waals surface area contributed by atoms with E-state index in [0.29, 0.717) is 11.3 Å². The second kappa shape index (κ2) is 5.52. The number of hydrogen-bond acceptors (Lipinski definition) is 3. The van der Waals surface area contributed by atoms with E-state index in [4.69, 9.17) is 4.74 Å². The molecule has 0 saturated heterocycles. The lowest BCUT2D eigenvalue weighted by molar-refractivity contribution is 0.0827. The molecule has 1 aromatic heterocycles. The Morgan fingerprint density at radius 3 is 2.42 bits per heavy atom. The molecule has 0 spiro atoms. The van der Waals surface area contributed by atoms with Gasteiger partial charge in [0.05, 0.1) is 13.3 Å². The average molecular weight is 256 g/mol. The summed E-state index contributed by atoms with van der Waals surface area (Å²) in [5, 5.41) is 0. The zero-order valence-electron chi connectivity index (χ0n) is 11.3. The third kappa shape index (κ3) is 2.73. The van der Waals surface area contributed by atoms with E-state index in [0.717, 1.165) is 11.1 Å². The van der Waals surface area contributed by atoms with E-state index >= 15 is 0 Å². The van der Waals surface area contributed by atoms with Gasteiger partial charge in [-0.3, -0.25) is 9.78 Å².